The SMILES string of the molecule is CCOC(=O)NC(=S)OC. The standard InChI is InChI=1S/C5H9NO3S/c1-3-9-4(7)6-5(10)8-2/h3H2,1-2H3,(H,6,7,10). The minimum atomic E-state index is -0.589. The third-order valence-corrected chi connectivity index (χ3v) is 0.934. The summed E-state index contributed by atoms with van der Waals surface area (Å²) in [6, 6.07) is 0. The normalized spacial score (nSPS) is 8.20. The van der Waals surface area contributed by atoms with Crippen molar-refractivity contribution in [1.29, 1.82) is 0 Å². The van der Waals surface area contributed by atoms with Gasteiger partial charge in [-0.1, -0.05) is 0 Å². The maximum atomic E-state index is 10.5. The number of rotatable bonds is 1. The van der Waals surface area contributed by atoms with Gasteiger partial charge >= 0.3 is 6.09 Å². The molecule has 1 amide bonds. The van der Waals surface area contributed by atoms with Gasteiger partial charge in [0.05, 0.1) is 13.7 Å². The summed E-state index contributed by atoms with van der Waals surface area (Å²) in [5.41, 5.74) is 0. The third kappa shape index (κ3) is 4.08. The van der Waals surface area contributed by atoms with Gasteiger partial charge in [0, 0.05) is 0 Å². The van der Waals surface area contributed by atoms with Crippen LogP contribution < -0.4 is 5.32 Å². The Bertz CT molecular complexity index is 137. The Morgan fingerprint density at radius 2 is 2.30 bits per heavy atom. The highest BCUT2D eigenvalue weighted by Gasteiger charge is 2.01. The number of nitrogens with one attached hydrogen (secondary N) is 1. The molecule has 0 aromatic rings. The quantitative estimate of drug-likeness (QED) is 0.577. The van der Waals surface area contributed by atoms with Crippen LogP contribution in [0.25, 0.3) is 0 Å². The van der Waals surface area contributed by atoms with Crippen LogP contribution in [0.5, 0.6) is 0 Å². The number of amides is 1. The molecule has 0 aliphatic rings. The second-order valence-electron chi connectivity index (χ2n) is 1.34. The van der Waals surface area contributed by atoms with Crippen molar-refractivity contribution in [3.8, 4) is 0 Å². The largest absolute Gasteiger partial charge is 0.474 e. The molecule has 5 heteroatoms. The molecule has 0 spiro atoms. The molecular formula is C5H9NO3S. The number of ether oxygens (including phenoxy) is 2. The van der Waals surface area contributed by atoms with Crippen LogP contribution in [0.15, 0.2) is 0 Å². The minimum absolute atomic E-state index is 0.0125. The highest BCUT2D eigenvalue weighted by molar-refractivity contribution is 7.80. The van der Waals surface area contributed by atoms with Crippen LogP contribution in [-0.2, 0) is 9.47 Å². The van der Waals surface area contributed by atoms with E-state index in [2.05, 4.69) is 27.0 Å². The first-order chi connectivity index (χ1) is 4.70. The van der Waals surface area contributed by atoms with E-state index in [0.717, 1.165) is 0 Å². The van der Waals surface area contributed by atoms with Gasteiger partial charge in [-0.2, -0.15) is 0 Å². The summed E-state index contributed by atoms with van der Waals surface area (Å²) >= 11 is 4.51. The van der Waals surface area contributed by atoms with Crippen molar-refractivity contribution in [3.05, 3.63) is 0 Å². The number of hydrogen-bond acceptors (Lipinski definition) is 4. The average Bonchev–Trinajstić information content (AvgIpc) is 1.88. The molecule has 0 heterocycles. The van der Waals surface area contributed by atoms with Gasteiger partial charge in [-0.15, -0.1) is 0 Å². The zero-order chi connectivity index (χ0) is 7.98. The molecule has 0 bridgehead atoms. The lowest BCUT2D eigenvalue weighted by Crippen LogP contribution is -2.30. The van der Waals surface area contributed by atoms with Crippen LogP contribution in [0.4, 0.5) is 4.79 Å². The van der Waals surface area contributed by atoms with Crippen LogP contribution >= 0.6 is 12.2 Å². The minimum Gasteiger partial charge on any atom is -0.474 e. The van der Waals surface area contributed by atoms with Crippen molar-refractivity contribution >= 4 is 23.5 Å². The van der Waals surface area contributed by atoms with Gasteiger partial charge in [0.1, 0.15) is 0 Å². The first-order valence-corrected chi connectivity index (χ1v) is 3.13. The third-order valence-electron chi connectivity index (χ3n) is 0.665. The van der Waals surface area contributed by atoms with E-state index in [-0.39, 0.29) is 5.17 Å². The predicted octanol–water partition coefficient (Wildman–Crippen LogP) is 0.664. The fourth-order valence-corrected chi connectivity index (χ4v) is 0.385. The number of hydrogen-bond donors (Lipinski definition) is 1. The molecular weight excluding hydrogens is 154 g/mol. The molecule has 0 unspecified atom stereocenters. The fourth-order valence-electron chi connectivity index (χ4n) is 0.302. The van der Waals surface area contributed by atoms with Crippen LogP contribution in [0.3, 0.4) is 0 Å². The van der Waals surface area contributed by atoms with E-state index in [9.17, 15) is 4.79 Å². The predicted molar refractivity (Wildman–Crippen MR) is 39.8 cm³/mol. The van der Waals surface area contributed by atoms with E-state index in [4.69, 9.17) is 0 Å². The second-order valence-corrected chi connectivity index (χ2v) is 1.71. The molecule has 0 radical (unpaired) electrons. The summed E-state index contributed by atoms with van der Waals surface area (Å²) in [5.74, 6) is 0. The molecule has 0 saturated carbocycles. The Kier molecular flexibility index (Phi) is 4.57. The maximum absolute atomic E-state index is 10.5. The fraction of sp³-hybridized carbons (Fsp3) is 0.600. The number of methoxy groups -OCH3 is 1. The topological polar surface area (TPSA) is 47.6 Å². The van der Waals surface area contributed by atoms with Gasteiger partial charge in [-0.3, -0.25) is 5.32 Å². The van der Waals surface area contributed by atoms with E-state index >= 15 is 0 Å². The van der Waals surface area contributed by atoms with Crippen molar-refractivity contribution in [2.45, 2.75) is 6.92 Å². The Morgan fingerprint density at radius 1 is 1.70 bits per heavy atom. The molecule has 10 heavy (non-hydrogen) atoms. The molecule has 0 fully saturated rings. The Balaban J connectivity index is 3.47. The van der Waals surface area contributed by atoms with Crippen molar-refractivity contribution in [1.82, 2.24) is 5.32 Å². The van der Waals surface area contributed by atoms with E-state index in [1.165, 1.54) is 7.11 Å². The highest BCUT2D eigenvalue weighted by Crippen LogP contribution is 1.78. The molecule has 0 aromatic heterocycles. The molecule has 0 saturated heterocycles. The lowest BCUT2D eigenvalue weighted by atomic mass is 10.9. The van der Waals surface area contributed by atoms with Gasteiger partial charge < -0.3 is 9.47 Å². The second kappa shape index (κ2) is 4.99. The number of thiocarbonyl (C=S) groups is 1. The van der Waals surface area contributed by atoms with Gasteiger partial charge in [0.15, 0.2) is 0 Å². The summed E-state index contributed by atoms with van der Waals surface area (Å²) in [4.78, 5) is 10.5. The van der Waals surface area contributed by atoms with Gasteiger partial charge in [0.25, 0.3) is 5.17 Å². The molecule has 4 nitrogen and oxygen atoms in total. The Labute approximate surface area is 64.5 Å². The zero-order valence-electron chi connectivity index (χ0n) is 5.84. The summed E-state index contributed by atoms with van der Waals surface area (Å²) in [7, 11) is 1.37. The molecule has 0 aromatic carbocycles. The highest BCUT2D eigenvalue weighted by atomic mass is 32.1. The molecule has 1 N–H and O–H groups in total. The monoisotopic (exact) mass is 163 g/mol. The molecule has 0 atom stereocenters. The zero-order valence-corrected chi connectivity index (χ0v) is 6.66. The molecule has 58 valence electrons. The van der Waals surface area contributed by atoms with E-state index in [1.807, 2.05) is 0 Å². The van der Waals surface area contributed by atoms with E-state index < -0.39 is 6.09 Å². The smallest absolute Gasteiger partial charge is 0.414 e. The lowest BCUT2D eigenvalue weighted by molar-refractivity contribution is 0.156. The van der Waals surface area contributed by atoms with Gasteiger partial charge in [-0.25, -0.2) is 4.79 Å². The first kappa shape index (κ1) is 9.16. The number of carbonyl (C=O) groups is 1. The van der Waals surface area contributed by atoms with E-state index in [0.29, 0.717) is 6.61 Å². The number of carbonyl (C=O) groups excluding carboxylic acids is 1. The van der Waals surface area contributed by atoms with Crippen LogP contribution in [0.2, 0.25) is 0 Å². The Hall–Kier alpha value is -0.840. The summed E-state index contributed by atoms with van der Waals surface area (Å²) in [6.45, 7) is 2.02. The lowest BCUT2D eigenvalue weighted by Gasteiger charge is -2.03. The summed E-state index contributed by atoms with van der Waals surface area (Å²) in [5, 5.41) is 2.19. The molecule has 0 rings (SSSR count). The van der Waals surface area contributed by atoms with Gasteiger partial charge in [0.2, 0.25) is 0 Å². The molecule has 0 aliphatic carbocycles. The Morgan fingerprint density at radius 3 is 2.70 bits per heavy atom. The van der Waals surface area contributed by atoms with Crippen LogP contribution in [0, 0.1) is 0 Å². The van der Waals surface area contributed by atoms with Crippen molar-refractivity contribution in [2.75, 3.05) is 13.7 Å². The van der Waals surface area contributed by atoms with Gasteiger partial charge in [-0.05, 0) is 19.1 Å². The summed E-state index contributed by atoms with van der Waals surface area (Å²) in [6.07, 6.45) is -0.589. The van der Waals surface area contributed by atoms with Crippen LogP contribution in [-0.4, -0.2) is 25.0 Å². The van der Waals surface area contributed by atoms with Crippen molar-refractivity contribution in [2.24, 2.45) is 0 Å². The van der Waals surface area contributed by atoms with Crippen molar-refractivity contribution < 1.29 is 14.3 Å². The molecule has 0 aliphatic heterocycles. The summed E-state index contributed by atoms with van der Waals surface area (Å²) < 4.78 is 8.98. The van der Waals surface area contributed by atoms with Crippen molar-refractivity contribution in [3.63, 3.8) is 0 Å². The van der Waals surface area contributed by atoms with Crippen LogP contribution in [0.1, 0.15) is 6.92 Å². The number of alkyl carbamates (subject to hydrolysis) is 1. The maximum Gasteiger partial charge on any atom is 0.414 e. The first-order valence-electron chi connectivity index (χ1n) is 2.72. The van der Waals surface area contributed by atoms with E-state index in [1.54, 1.807) is 6.92 Å². The average molecular weight is 163 g/mol.